The molecule has 3 aromatic rings. The van der Waals surface area contributed by atoms with E-state index in [1.165, 1.54) is 29.3 Å². The van der Waals surface area contributed by atoms with Gasteiger partial charge < -0.3 is 11.1 Å². The van der Waals surface area contributed by atoms with Crippen LogP contribution < -0.4 is 11.1 Å². The van der Waals surface area contributed by atoms with Gasteiger partial charge in [0.05, 0.1) is 11.8 Å². The number of nitrogens with two attached hydrogens (primary N) is 1. The highest BCUT2D eigenvalue weighted by atomic mass is 32.2. The molecule has 1 aliphatic carbocycles. The summed E-state index contributed by atoms with van der Waals surface area (Å²) in [5.74, 6) is -1.69. The predicted molar refractivity (Wildman–Crippen MR) is 166 cm³/mol. The average molecular weight is 621 g/mol. The molecule has 7 rings (SSSR count). The Bertz CT molecular complexity index is 1680. The molecular formula is C34H38F2N4O3S. The van der Waals surface area contributed by atoms with Crippen molar-refractivity contribution in [1.29, 1.82) is 0 Å². The zero-order valence-corrected chi connectivity index (χ0v) is 25.4. The number of carbonyl (C=O) groups is 1. The van der Waals surface area contributed by atoms with Crippen LogP contribution in [-0.4, -0.2) is 66.5 Å². The Morgan fingerprint density at radius 2 is 1.75 bits per heavy atom. The summed E-state index contributed by atoms with van der Waals surface area (Å²) in [4.78, 5) is 16.1. The number of fused-ring (bicyclic) bond motifs is 5. The first-order chi connectivity index (χ1) is 21.2. The van der Waals surface area contributed by atoms with Crippen LogP contribution in [0.3, 0.4) is 0 Å². The third-order valence-electron chi connectivity index (χ3n) is 10.1. The average Bonchev–Trinajstić information content (AvgIpc) is 3.70. The zero-order valence-electron chi connectivity index (χ0n) is 24.6. The maximum Gasteiger partial charge on any atom is 0.242 e. The zero-order chi connectivity index (χ0) is 30.6. The van der Waals surface area contributed by atoms with E-state index < -0.39 is 33.7 Å². The number of aryl methyl sites for hydroxylation is 2. The van der Waals surface area contributed by atoms with Crippen molar-refractivity contribution < 1.29 is 22.0 Å². The fraction of sp³-hybridized carbons (Fsp3) is 0.441. The summed E-state index contributed by atoms with van der Waals surface area (Å²) in [7, 11) is -3.37. The molecular weight excluding hydrogens is 582 g/mol. The quantitative estimate of drug-likeness (QED) is 0.366. The van der Waals surface area contributed by atoms with Gasteiger partial charge in [-0.1, -0.05) is 36.4 Å². The second-order valence-electron chi connectivity index (χ2n) is 12.7. The molecule has 3 aromatic carbocycles. The van der Waals surface area contributed by atoms with Gasteiger partial charge in [-0.05, 0) is 91.5 Å². The number of hydrogen-bond acceptors (Lipinski definition) is 5. The number of anilines is 1. The molecule has 10 heteroatoms. The largest absolute Gasteiger partial charge is 0.324 e. The van der Waals surface area contributed by atoms with Crippen molar-refractivity contribution in [2.24, 2.45) is 5.73 Å². The summed E-state index contributed by atoms with van der Waals surface area (Å²) in [5.41, 5.74) is 11.5. The van der Waals surface area contributed by atoms with Crippen molar-refractivity contribution in [1.82, 2.24) is 9.21 Å². The van der Waals surface area contributed by atoms with Crippen LogP contribution in [0, 0.1) is 11.6 Å². The Balaban J connectivity index is 1.13. The minimum atomic E-state index is -3.37. The lowest BCUT2D eigenvalue weighted by Gasteiger charge is -2.37. The molecule has 1 amide bonds. The van der Waals surface area contributed by atoms with Crippen molar-refractivity contribution in [3.8, 4) is 0 Å². The molecule has 2 bridgehead atoms. The van der Waals surface area contributed by atoms with E-state index in [0.29, 0.717) is 30.6 Å². The maximum absolute atomic E-state index is 15.3. The first-order valence-corrected chi connectivity index (χ1v) is 17.3. The van der Waals surface area contributed by atoms with Crippen LogP contribution in [0.15, 0.2) is 60.7 Å². The number of benzene rings is 3. The number of rotatable bonds is 8. The molecule has 3 N–H and O–H groups in total. The van der Waals surface area contributed by atoms with Crippen LogP contribution in [0.1, 0.15) is 59.4 Å². The maximum atomic E-state index is 15.3. The molecule has 7 unspecified atom stereocenters. The first kappa shape index (κ1) is 29.5. The normalized spacial score (nSPS) is 27.8. The number of amides is 1. The highest BCUT2D eigenvalue weighted by Crippen LogP contribution is 2.40. The fourth-order valence-corrected chi connectivity index (χ4v) is 9.58. The molecule has 232 valence electrons. The molecule has 3 aliphatic heterocycles. The number of piperazine rings is 1. The number of nitrogens with zero attached hydrogens (tertiary/aromatic N) is 2. The second kappa shape index (κ2) is 11.6. The van der Waals surface area contributed by atoms with E-state index >= 15 is 4.39 Å². The van der Waals surface area contributed by atoms with E-state index in [-0.39, 0.29) is 36.1 Å². The monoisotopic (exact) mass is 620 g/mol. The van der Waals surface area contributed by atoms with Gasteiger partial charge >= 0.3 is 0 Å². The van der Waals surface area contributed by atoms with Gasteiger partial charge in [-0.2, -0.15) is 4.31 Å². The van der Waals surface area contributed by atoms with Crippen molar-refractivity contribution >= 4 is 21.6 Å². The van der Waals surface area contributed by atoms with E-state index in [9.17, 15) is 17.6 Å². The molecule has 0 saturated carbocycles. The molecule has 4 aliphatic rings. The summed E-state index contributed by atoms with van der Waals surface area (Å²) < 4.78 is 57.0. The Hall–Kier alpha value is -3.18. The van der Waals surface area contributed by atoms with Gasteiger partial charge in [-0.15, -0.1) is 0 Å². The minimum Gasteiger partial charge on any atom is -0.324 e. The van der Waals surface area contributed by atoms with Crippen molar-refractivity contribution in [3.05, 3.63) is 100 Å². The molecule has 0 radical (unpaired) electrons. The molecule has 3 heterocycles. The van der Waals surface area contributed by atoms with Crippen molar-refractivity contribution in [2.75, 3.05) is 24.2 Å². The number of carbonyl (C=O) groups excluding carboxylic acids is 1. The SMILES string of the molecule is NC(C(=O)Nc1cccc(F)c1CCC1C2CN2C2CCCS(=O)(=O)N1C2)C(c1ccc(F)cc1)c1ccc2c(c1)CCC2. The van der Waals surface area contributed by atoms with Gasteiger partial charge in [0.1, 0.15) is 11.6 Å². The highest BCUT2D eigenvalue weighted by Gasteiger charge is 2.55. The van der Waals surface area contributed by atoms with Crippen LogP contribution in [0.4, 0.5) is 14.5 Å². The van der Waals surface area contributed by atoms with E-state index in [1.807, 2.05) is 6.07 Å². The molecule has 3 fully saturated rings. The van der Waals surface area contributed by atoms with Gasteiger partial charge in [0.15, 0.2) is 0 Å². The van der Waals surface area contributed by atoms with Crippen molar-refractivity contribution in [2.45, 2.75) is 75.0 Å². The summed E-state index contributed by atoms with van der Waals surface area (Å²) in [6.07, 6.45) is 5.34. The van der Waals surface area contributed by atoms with E-state index in [4.69, 9.17) is 5.73 Å². The van der Waals surface area contributed by atoms with Gasteiger partial charge in [-0.25, -0.2) is 17.2 Å². The standard InChI is InChI=1S/C34H38F2N4O3S/c35-25-13-11-22(12-14-25)32(24-10-9-21-4-1-5-23(21)18-24)33(37)34(41)38-29-8-2-7-28(36)27(29)15-16-30-31-20-39(31)26-6-3-17-44(42,43)40(30)19-26/h2,7-14,18,26,30-33H,1,3-6,15-17,19-20,37H2,(H,38,41). The first-order valence-electron chi connectivity index (χ1n) is 15.7. The van der Waals surface area contributed by atoms with Crippen LogP contribution in [0.2, 0.25) is 0 Å². The van der Waals surface area contributed by atoms with Gasteiger partial charge in [0.2, 0.25) is 15.9 Å². The number of halogens is 2. The number of nitrogens with one attached hydrogen (secondary N) is 1. The molecule has 0 spiro atoms. The van der Waals surface area contributed by atoms with Gasteiger partial charge in [0.25, 0.3) is 0 Å². The second-order valence-corrected chi connectivity index (χ2v) is 14.8. The number of hydrogen-bond donors (Lipinski definition) is 2. The van der Waals surface area contributed by atoms with Gasteiger partial charge in [0, 0.05) is 48.4 Å². The number of sulfonamides is 1. The fourth-order valence-electron chi connectivity index (χ4n) is 7.76. The summed E-state index contributed by atoms with van der Waals surface area (Å²) in [5, 5.41) is 2.89. The van der Waals surface area contributed by atoms with E-state index in [0.717, 1.165) is 43.4 Å². The Morgan fingerprint density at radius 3 is 2.57 bits per heavy atom. The van der Waals surface area contributed by atoms with Crippen LogP contribution >= 0.6 is 0 Å². The summed E-state index contributed by atoms with van der Waals surface area (Å²) >= 11 is 0. The summed E-state index contributed by atoms with van der Waals surface area (Å²) in [6.45, 7) is 1.36. The smallest absolute Gasteiger partial charge is 0.242 e. The molecule has 7 nitrogen and oxygen atoms in total. The molecule has 7 atom stereocenters. The van der Waals surface area contributed by atoms with Crippen LogP contribution in [0.25, 0.3) is 0 Å². The van der Waals surface area contributed by atoms with Gasteiger partial charge in [-0.3, -0.25) is 9.69 Å². The lowest BCUT2D eigenvalue weighted by molar-refractivity contribution is -0.117. The topological polar surface area (TPSA) is 95.5 Å². The molecule has 44 heavy (non-hydrogen) atoms. The Kier molecular flexibility index (Phi) is 7.81. The third kappa shape index (κ3) is 5.57. The molecule has 3 saturated heterocycles. The predicted octanol–water partition coefficient (Wildman–Crippen LogP) is 4.34. The molecule has 0 aromatic heterocycles. The van der Waals surface area contributed by atoms with Crippen LogP contribution in [-0.2, 0) is 34.1 Å². The summed E-state index contributed by atoms with van der Waals surface area (Å²) in [6, 6.07) is 15.9. The highest BCUT2D eigenvalue weighted by molar-refractivity contribution is 7.89. The Labute approximate surface area is 257 Å². The van der Waals surface area contributed by atoms with E-state index in [2.05, 4.69) is 22.3 Å². The minimum absolute atomic E-state index is 0.152. The van der Waals surface area contributed by atoms with Crippen molar-refractivity contribution in [3.63, 3.8) is 0 Å². The Morgan fingerprint density at radius 1 is 0.977 bits per heavy atom. The lowest BCUT2D eigenvalue weighted by Crippen LogP contribution is -2.53. The third-order valence-corrected chi connectivity index (χ3v) is 12.0. The van der Waals surface area contributed by atoms with E-state index in [1.54, 1.807) is 28.6 Å². The lowest BCUT2D eigenvalue weighted by atomic mass is 9.83. The van der Waals surface area contributed by atoms with Crippen LogP contribution in [0.5, 0.6) is 0 Å².